The number of anilines is 2. The average molecular weight is 361 g/mol. The van der Waals surface area contributed by atoms with Crippen molar-refractivity contribution in [3.63, 3.8) is 0 Å². The Kier molecular flexibility index (Phi) is 5.76. The smallest absolute Gasteiger partial charge is 0.341 e. The Morgan fingerprint density at radius 2 is 2.04 bits per heavy atom. The third-order valence-electron chi connectivity index (χ3n) is 4.02. The molecule has 134 valence electrons. The van der Waals surface area contributed by atoms with E-state index in [0.717, 1.165) is 18.6 Å². The summed E-state index contributed by atoms with van der Waals surface area (Å²) in [5.74, 6) is -4.06. The molecule has 0 spiro atoms. The molecule has 0 radical (unpaired) electrons. The van der Waals surface area contributed by atoms with E-state index in [-0.39, 0.29) is 23.6 Å². The first-order chi connectivity index (χ1) is 11.3. The fourth-order valence-electron chi connectivity index (χ4n) is 2.74. The van der Waals surface area contributed by atoms with E-state index in [1.54, 1.807) is 0 Å². The van der Waals surface area contributed by atoms with Crippen LogP contribution in [0.2, 0.25) is 0 Å². The molecule has 2 atom stereocenters. The van der Waals surface area contributed by atoms with E-state index in [1.807, 2.05) is 6.92 Å². The minimum Gasteiger partial charge on any atom is -0.384 e. The van der Waals surface area contributed by atoms with Crippen molar-refractivity contribution in [2.24, 2.45) is 11.7 Å². The van der Waals surface area contributed by atoms with Crippen molar-refractivity contribution in [3.05, 3.63) is 18.2 Å². The first kappa shape index (κ1) is 18.6. The molecule has 4 N–H and O–H groups in total. The highest BCUT2D eigenvalue weighted by Gasteiger charge is 2.30. The second-order valence-corrected chi connectivity index (χ2v) is 7.72. The molecular formula is C15H21F2N3O3S. The Labute approximate surface area is 139 Å². The highest BCUT2D eigenvalue weighted by molar-refractivity contribution is 7.91. The molecule has 0 heterocycles. The molecule has 1 aliphatic rings. The second kappa shape index (κ2) is 7.43. The zero-order valence-electron chi connectivity index (χ0n) is 13.3. The molecule has 6 nitrogen and oxygen atoms in total. The predicted octanol–water partition coefficient (Wildman–Crippen LogP) is 2.18. The largest absolute Gasteiger partial charge is 0.384 e. The molecule has 9 heteroatoms. The summed E-state index contributed by atoms with van der Waals surface area (Å²) in [6.07, 6.45) is 1.95. The minimum absolute atomic E-state index is 0.0282. The lowest BCUT2D eigenvalue weighted by Gasteiger charge is -2.16. The maximum atomic E-state index is 12.7. The Morgan fingerprint density at radius 3 is 2.58 bits per heavy atom. The Hall–Kier alpha value is -1.74. The molecule has 0 bridgehead atoms. The molecular weight excluding hydrogens is 340 g/mol. The number of sulfone groups is 1. The van der Waals surface area contributed by atoms with Crippen LogP contribution in [0.4, 0.5) is 20.2 Å². The van der Waals surface area contributed by atoms with Gasteiger partial charge < -0.3 is 16.4 Å². The number of amides is 1. The van der Waals surface area contributed by atoms with Crippen molar-refractivity contribution in [1.82, 2.24) is 0 Å². The van der Waals surface area contributed by atoms with Crippen LogP contribution >= 0.6 is 0 Å². The van der Waals surface area contributed by atoms with Crippen LogP contribution in [0.5, 0.6) is 0 Å². The van der Waals surface area contributed by atoms with Crippen molar-refractivity contribution in [1.29, 1.82) is 0 Å². The quantitative estimate of drug-likeness (QED) is 0.721. The predicted molar refractivity (Wildman–Crippen MR) is 87.7 cm³/mol. The van der Waals surface area contributed by atoms with E-state index in [9.17, 15) is 22.0 Å². The number of rotatable bonds is 6. The first-order valence-electron chi connectivity index (χ1n) is 7.72. The monoisotopic (exact) mass is 361 g/mol. The highest BCUT2D eigenvalue weighted by Crippen LogP contribution is 2.30. The zero-order valence-corrected chi connectivity index (χ0v) is 14.1. The summed E-state index contributed by atoms with van der Waals surface area (Å²) in [4.78, 5) is 11.8. The molecule has 0 aliphatic heterocycles. The first-order valence-corrected chi connectivity index (χ1v) is 9.26. The summed E-state index contributed by atoms with van der Waals surface area (Å²) < 4.78 is 48.7. The molecule has 24 heavy (non-hydrogen) atoms. The van der Waals surface area contributed by atoms with Gasteiger partial charge in [-0.15, -0.1) is 0 Å². The van der Waals surface area contributed by atoms with E-state index in [0.29, 0.717) is 25.1 Å². The third-order valence-corrected chi connectivity index (χ3v) is 5.40. The molecule has 1 aliphatic carbocycles. The van der Waals surface area contributed by atoms with Gasteiger partial charge in [-0.05, 0) is 44.4 Å². The number of carbonyl (C=O) groups is 1. The minimum atomic E-state index is -4.73. The van der Waals surface area contributed by atoms with Gasteiger partial charge in [0.05, 0.1) is 16.3 Å². The van der Waals surface area contributed by atoms with Crippen LogP contribution in [-0.2, 0) is 14.6 Å². The molecule has 0 aromatic heterocycles. The number of halogens is 2. The Bertz CT molecular complexity index is 710. The lowest BCUT2D eigenvalue weighted by Crippen LogP contribution is -2.24. The second-order valence-electron chi connectivity index (χ2n) is 5.80. The van der Waals surface area contributed by atoms with Gasteiger partial charge in [0.1, 0.15) is 0 Å². The van der Waals surface area contributed by atoms with Crippen LogP contribution in [0.15, 0.2) is 23.1 Å². The van der Waals surface area contributed by atoms with Gasteiger partial charge in [-0.2, -0.15) is 8.78 Å². The maximum Gasteiger partial charge on any atom is 0.341 e. The molecule has 1 saturated carbocycles. The topological polar surface area (TPSA) is 101 Å². The van der Waals surface area contributed by atoms with Gasteiger partial charge in [-0.1, -0.05) is 0 Å². The molecule has 2 rings (SSSR count). The number of hydrogen-bond donors (Lipinski definition) is 3. The van der Waals surface area contributed by atoms with Crippen LogP contribution in [0.3, 0.4) is 0 Å². The van der Waals surface area contributed by atoms with E-state index >= 15 is 0 Å². The van der Waals surface area contributed by atoms with Crippen LogP contribution in [0.25, 0.3) is 0 Å². The van der Waals surface area contributed by atoms with Crippen molar-refractivity contribution in [3.8, 4) is 0 Å². The number of alkyl halides is 2. The lowest BCUT2D eigenvalue weighted by atomic mass is 10.1. The normalized spacial score (nSPS) is 21.0. The van der Waals surface area contributed by atoms with Crippen LogP contribution in [0.1, 0.15) is 26.2 Å². The average Bonchev–Trinajstić information content (AvgIpc) is 2.95. The fourth-order valence-corrected chi connectivity index (χ4v) is 3.49. The summed E-state index contributed by atoms with van der Waals surface area (Å²) in [7, 11) is -4.73. The number of hydrogen-bond acceptors (Lipinski definition) is 5. The summed E-state index contributed by atoms with van der Waals surface area (Å²) in [6.45, 7) is 2.35. The van der Waals surface area contributed by atoms with Crippen LogP contribution in [0, 0.1) is 5.92 Å². The van der Waals surface area contributed by atoms with Gasteiger partial charge in [0.25, 0.3) is 0 Å². The Balaban J connectivity index is 2.30. The molecule has 1 aromatic rings. The van der Waals surface area contributed by atoms with E-state index in [4.69, 9.17) is 5.73 Å². The van der Waals surface area contributed by atoms with Crippen molar-refractivity contribution in [2.75, 3.05) is 17.2 Å². The summed E-state index contributed by atoms with van der Waals surface area (Å²) in [5, 5.41) is 5.61. The SMILES string of the molecule is CCNc1ccc(S(=O)(=O)C(F)F)cc1NC(=O)C1CCC(N)C1. The van der Waals surface area contributed by atoms with E-state index < -0.39 is 20.5 Å². The number of benzene rings is 1. The number of carbonyl (C=O) groups excluding carboxylic acids is 1. The maximum absolute atomic E-state index is 12.7. The fraction of sp³-hybridized carbons (Fsp3) is 0.533. The summed E-state index contributed by atoms with van der Waals surface area (Å²) >= 11 is 0. The standard InChI is InChI=1S/C15H21F2N3O3S/c1-2-19-12-6-5-11(24(22,23)15(16)17)8-13(12)20-14(21)9-3-4-10(18)7-9/h5-6,8-10,15,19H,2-4,7,18H2,1H3,(H,20,21). The summed E-state index contributed by atoms with van der Waals surface area (Å²) in [5.41, 5.74) is 6.44. The molecule has 2 unspecified atom stereocenters. The lowest BCUT2D eigenvalue weighted by molar-refractivity contribution is -0.119. The summed E-state index contributed by atoms with van der Waals surface area (Å²) in [6, 6.07) is 3.50. The highest BCUT2D eigenvalue weighted by atomic mass is 32.2. The van der Waals surface area contributed by atoms with Gasteiger partial charge in [-0.25, -0.2) is 8.42 Å². The van der Waals surface area contributed by atoms with Crippen LogP contribution < -0.4 is 16.4 Å². The van der Waals surface area contributed by atoms with Crippen LogP contribution in [-0.4, -0.2) is 32.7 Å². The van der Waals surface area contributed by atoms with E-state index in [1.165, 1.54) is 6.07 Å². The van der Waals surface area contributed by atoms with Gasteiger partial charge in [-0.3, -0.25) is 4.79 Å². The molecule has 1 aromatic carbocycles. The van der Waals surface area contributed by atoms with Gasteiger partial charge in [0.15, 0.2) is 0 Å². The Morgan fingerprint density at radius 1 is 1.33 bits per heavy atom. The molecule has 1 amide bonds. The van der Waals surface area contributed by atoms with Gasteiger partial charge >= 0.3 is 5.76 Å². The van der Waals surface area contributed by atoms with Crippen molar-refractivity contribution < 1.29 is 22.0 Å². The number of nitrogens with one attached hydrogen (secondary N) is 2. The zero-order chi connectivity index (χ0) is 17.9. The van der Waals surface area contributed by atoms with Gasteiger partial charge in [0.2, 0.25) is 15.7 Å². The molecule has 1 fully saturated rings. The van der Waals surface area contributed by atoms with E-state index in [2.05, 4.69) is 10.6 Å². The van der Waals surface area contributed by atoms with Gasteiger partial charge in [0, 0.05) is 18.5 Å². The van der Waals surface area contributed by atoms with Crippen molar-refractivity contribution >= 4 is 27.1 Å². The molecule has 0 saturated heterocycles. The third kappa shape index (κ3) is 4.02. The number of nitrogens with two attached hydrogens (primary N) is 1. The van der Waals surface area contributed by atoms with Crippen molar-refractivity contribution in [2.45, 2.75) is 42.9 Å².